The SMILES string of the molecule is O=C1c2[nH]c(=O)ccc2C(=O)c2c(-c3ccccc3)noc21. The fraction of sp³-hybridized carbons (Fsp3) is 0. The van der Waals surface area contributed by atoms with Gasteiger partial charge in [-0.15, -0.1) is 0 Å². The van der Waals surface area contributed by atoms with E-state index >= 15 is 0 Å². The van der Waals surface area contributed by atoms with Crippen LogP contribution in [0.25, 0.3) is 11.3 Å². The van der Waals surface area contributed by atoms with E-state index in [1.807, 2.05) is 6.07 Å². The first-order chi connectivity index (χ1) is 10.7. The molecule has 3 aromatic rings. The van der Waals surface area contributed by atoms with Crippen molar-refractivity contribution in [1.29, 1.82) is 0 Å². The maximum Gasteiger partial charge on any atom is 0.248 e. The maximum absolute atomic E-state index is 12.6. The number of nitrogens with zero attached hydrogens (tertiary/aromatic N) is 1. The van der Waals surface area contributed by atoms with Crippen LogP contribution in [-0.4, -0.2) is 21.7 Å². The van der Waals surface area contributed by atoms with Crippen LogP contribution < -0.4 is 5.56 Å². The average molecular weight is 292 g/mol. The number of aromatic amines is 1. The van der Waals surface area contributed by atoms with Crippen molar-refractivity contribution in [3.05, 3.63) is 75.4 Å². The molecule has 0 spiro atoms. The van der Waals surface area contributed by atoms with E-state index in [2.05, 4.69) is 10.1 Å². The number of rotatable bonds is 1. The average Bonchev–Trinajstić information content (AvgIpc) is 2.99. The van der Waals surface area contributed by atoms with Gasteiger partial charge in [-0.05, 0) is 6.07 Å². The number of aromatic nitrogens is 2. The summed E-state index contributed by atoms with van der Waals surface area (Å²) >= 11 is 0. The normalized spacial score (nSPS) is 12.9. The predicted molar refractivity (Wildman–Crippen MR) is 75.9 cm³/mol. The van der Waals surface area contributed by atoms with Crippen molar-refractivity contribution >= 4 is 11.6 Å². The Morgan fingerprint density at radius 2 is 1.68 bits per heavy atom. The summed E-state index contributed by atoms with van der Waals surface area (Å²) in [4.78, 5) is 38.8. The lowest BCUT2D eigenvalue weighted by Crippen LogP contribution is -2.24. The third-order valence-corrected chi connectivity index (χ3v) is 3.56. The zero-order valence-electron chi connectivity index (χ0n) is 11.1. The van der Waals surface area contributed by atoms with Gasteiger partial charge >= 0.3 is 0 Å². The van der Waals surface area contributed by atoms with Gasteiger partial charge in [0, 0.05) is 11.6 Å². The lowest BCUT2D eigenvalue weighted by atomic mass is 9.89. The van der Waals surface area contributed by atoms with E-state index in [1.54, 1.807) is 24.3 Å². The van der Waals surface area contributed by atoms with Crippen LogP contribution in [-0.2, 0) is 0 Å². The Bertz CT molecular complexity index is 983. The zero-order chi connectivity index (χ0) is 15.3. The summed E-state index contributed by atoms with van der Waals surface area (Å²) in [5.74, 6) is -1.07. The summed E-state index contributed by atoms with van der Waals surface area (Å²) in [5.41, 5.74) is 0.785. The van der Waals surface area contributed by atoms with Crippen LogP contribution in [0.1, 0.15) is 32.2 Å². The molecule has 6 nitrogen and oxygen atoms in total. The van der Waals surface area contributed by atoms with E-state index in [9.17, 15) is 14.4 Å². The van der Waals surface area contributed by atoms with Gasteiger partial charge in [-0.1, -0.05) is 35.5 Å². The van der Waals surface area contributed by atoms with Crippen LogP contribution in [0, 0.1) is 0 Å². The molecule has 1 aliphatic carbocycles. The van der Waals surface area contributed by atoms with Gasteiger partial charge in [-0.3, -0.25) is 14.4 Å². The summed E-state index contributed by atoms with van der Waals surface area (Å²) in [6.07, 6.45) is 0. The van der Waals surface area contributed by atoms with Crippen molar-refractivity contribution in [3.8, 4) is 11.3 Å². The van der Waals surface area contributed by atoms with Crippen LogP contribution in [0.5, 0.6) is 0 Å². The number of fused-ring (bicyclic) bond motifs is 2. The molecule has 1 aliphatic rings. The molecule has 106 valence electrons. The van der Waals surface area contributed by atoms with Gasteiger partial charge in [-0.2, -0.15) is 0 Å². The van der Waals surface area contributed by atoms with Crippen LogP contribution in [0.15, 0.2) is 51.8 Å². The van der Waals surface area contributed by atoms with Crippen molar-refractivity contribution in [2.24, 2.45) is 0 Å². The van der Waals surface area contributed by atoms with Gasteiger partial charge in [0.15, 0.2) is 0 Å². The summed E-state index contributed by atoms with van der Waals surface area (Å²) < 4.78 is 5.08. The fourth-order valence-electron chi connectivity index (χ4n) is 2.54. The molecule has 0 unspecified atom stereocenters. The van der Waals surface area contributed by atoms with Crippen LogP contribution in [0.4, 0.5) is 0 Å². The lowest BCUT2D eigenvalue weighted by Gasteiger charge is -2.12. The molecular formula is C16H8N2O4. The predicted octanol–water partition coefficient (Wildman–Crippen LogP) is 1.81. The molecule has 0 atom stereocenters. The van der Waals surface area contributed by atoms with E-state index in [4.69, 9.17) is 4.52 Å². The minimum Gasteiger partial charge on any atom is -0.351 e. The molecule has 1 N–H and O–H groups in total. The van der Waals surface area contributed by atoms with Crippen molar-refractivity contribution in [2.75, 3.05) is 0 Å². The monoisotopic (exact) mass is 292 g/mol. The van der Waals surface area contributed by atoms with Gasteiger partial charge in [0.25, 0.3) is 0 Å². The van der Waals surface area contributed by atoms with Crippen molar-refractivity contribution in [1.82, 2.24) is 10.1 Å². The Labute approximate surface area is 123 Å². The third-order valence-electron chi connectivity index (χ3n) is 3.56. The number of benzene rings is 1. The Morgan fingerprint density at radius 3 is 2.45 bits per heavy atom. The molecule has 0 bridgehead atoms. The standard InChI is InChI=1S/C16H8N2O4/c19-10-7-6-9-13(17-10)15(21)16-11(14(9)20)12(18-22-16)8-4-2-1-3-5-8/h1-7H,(H,17,19). The van der Waals surface area contributed by atoms with Gasteiger partial charge < -0.3 is 9.51 Å². The van der Waals surface area contributed by atoms with Gasteiger partial charge in [-0.25, -0.2) is 0 Å². The molecule has 4 rings (SSSR count). The molecule has 22 heavy (non-hydrogen) atoms. The second-order valence-electron chi connectivity index (χ2n) is 4.87. The van der Waals surface area contributed by atoms with Crippen LogP contribution >= 0.6 is 0 Å². The second-order valence-corrected chi connectivity index (χ2v) is 4.87. The first-order valence-electron chi connectivity index (χ1n) is 6.54. The fourth-order valence-corrected chi connectivity index (χ4v) is 2.54. The third kappa shape index (κ3) is 1.61. The van der Waals surface area contributed by atoms with Crippen molar-refractivity contribution in [3.63, 3.8) is 0 Å². The molecule has 0 fully saturated rings. The molecule has 0 amide bonds. The highest BCUT2D eigenvalue weighted by atomic mass is 16.5. The number of pyridine rings is 1. The minimum absolute atomic E-state index is 0.0549. The first-order valence-corrected chi connectivity index (χ1v) is 6.54. The molecule has 0 saturated heterocycles. The second kappa shape index (κ2) is 4.36. The molecule has 1 aromatic carbocycles. The van der Waals surface area contributed by atoms with Gasteiger partial charge in [0.05, 0.1) is 5.56 Å². The summed E-state index contributed by atoms with van der Waals surface area (Å²) in [6.45, 7) is 0. The molecule has 2 heterocycles. The van der Waals surface area contributed by atoms with E-state index in [0.29, 0.717) is 11.3 Å². The molecule has 6 heteroatoms. The topological polar surface area (TPSA) is 93.0 Å². The molecule has 0 aliphatic heterocycles. The number of nitrogens with one attached hydrogen (secondary N) is 1. The van der Waals surface area contributed by atoms with Crippen LogP contribution in [0.2, 0.25) is 0 Å². The number of hydrogen-bond donors (Lipinski definition) is 1. The number of hydrogen-bond acceptors (Lipinski definition) is 5. The van der Waals surface area contributed by atoms with Crippen molar-refractivity contribution < 1.29 is 14.1 Å². The largest absolute Gasteiger partial charge is 0.351 e. The van der Waals surface area contributed by atoms with Gasteiger partial charge in [0.2, 0.25) is 22.9 Å². The summed E-state index contributed by atoms with van der Waals surface area (Å²) in [7, 11) is 0. The van der Waals surface area contributed by atoms with Crippen molar-refractivity contribution in [2.45, 2.75) is 0 Å². The van der Waals surface area contributed by atoms with Crippen LogP contribution in [0.3, 0.4) is 0 Å². The lowest BCUT2D eigenvalue weighted by molar-refractivity contribution is 0.0950. The highest BCUT2D eigenvalue weighted by Crippen LogP contribution is 2.32. The summed E-state index contributed by atoms with van der Waals surface area (Å²) in [6, 6.07) is 11.6. The summed E-state index contributed by atoms with van der Waals surface area (Å²) in [5, 5.41) is 3.87. The minimum atomic E-state index is -0.544. The van der Waals surface area contributed by atoms with E-state index in [-0.39, 0.29) is 28.4 Å². The highest BCUT2D eigenvalue weighted by Gasteiger charge is 2.37. The molecule has 0 radical (unpaired) electrons. The number of ketones is 2. The smallest absolute Gasteiger partial charge is 0.248 e. The highest BCUT2D eigenvalue weighted by molar-refractivity contribution is 6.28. The van der Waals surface area contributed by atoms with Gasteiger partial charge in [0.1, 0.15) is 17.0 Å². The quantitative estimate of drug-likeness (QED) is 0.577. The Kier molecular flexibility index (Phi) is 2.47. The Morgan fingerprint density at radius 1 is 0.909 bits per heavy atom. The van der Waals surface area contributed by atoms with E-state index in [0.717, 1.165) is 0 Å². The van der Waals surface area contributed by atoms with E-state index < -0.39 is 11.3 Å². The number of H-pyrrole nitrogens is 1. The molecule has 0 saturated carbocycles. The number of carbonyl (C=O) groups is 2. The maximum atomic E-state index is 12.6. The zero-order valence-corrected chi connectivity index (χ0v) is 11.1. The Balaban J connectivity index is 1.98. The molecule has 2 aromatic heterocycles. The van der Waals surface area contributed by atoms with E-state index in [1.165, 1.54) is 12.1 Å². The Hall–Kier alpha value is -3.28. The number of carbonyl (C=O) groups excluding carboxylic acids is 2. The first kappa shape index (κ1) is 12.5. The molecular weight excluding hydrogens is 284 g/mol.